The number of hydrogen-bond acceptors (Lipinski definition) is 6. The van der Waals surface area contributed by atoms with E-state index in [1.165, 1.54) is 26.2 Å². The third-order valence-corrected chi connectivity index (χ3v) is 7.04. The fourth-order valence-electron chi connectivity index (χ4n) is 2.74. The maximum absolute atomic E-state index is 12.6. The fraction of sp³-hybridized carbons (Fsp3) is 0.238. The predicted octanol–water partition coefficient (Wildman–Crippen LogP) is 3.81. The van der Waals surface area contributed by atoms with Gasteiger partial charge in [0, 0.05) is 36.4 Å². The van der Waals surface area contributed by atoms with Crippen molar-refractivity contribution in [1.82, 2.24) is 9.29 Å². The Labute approximate surface area is 180 Å². The van der Waals surface area contributed by atoms with Gasteiger partial charge in [-0.25, -0.2) is 17.7 Å². The van der Waals surface area contributed by atoms with E-state index in [4.69, 9.17) is 0 Å². The van der Waals surface area contributed by atoms with Crippen molar-refractivity contribution in [1.29, 1.82) is 0 Å². The Balaban J connectivity index is 1.65. The summed E-state index contributed by atoms with van der Waals surface area (Å²) in [6.45, 7) is 3.71. The molecule has 0 aliphatic carbocycles. The first-order chi connectivity index (χ1) is 14.2. The van der Waals surface area contributed by atoms with Gasteiger partial charge in [-0.15, -0.1) is 11.3 Å². The number of carbonyl (C=O) groups is 1. The van der Waals surface area contributed by atoms with Crippen LogP contribution in [0.15, 0.2) is 58.8 Å². The predicted molar refractivity (Wildman–Crippen MR) is 121 cm³/mol. The molecular formula is C21H24N4O3S2. The number of benzene rings is 2. The van der Waals surface area contributed by atoms with Crippen molar-refractivity contribution in [2.45, 2.75) is 24.8 Å². The highest BCUT2D eigenvalue weighted by Gasteiger charge is 2.19. The van der Waals surface area contributed by atoms with Crippen LogP contribution in [0.25, 0.3) is 11.3 Å². The summed E-state index contributed by atoms with van der Waals surface area (Å²) in [7, 11) is -0.636. The van der Waals surface area contributed by atoms with Crippen LogP contribution in [0.1, 0.15) is 11.9 Å². The molecule has 3 rings (SSSR count). The van der Waals surface area contributed by atoms with Crippen molar-refractivity contribution in [2.75, 3.05) is 24.7 Å². The van der Waals surface area contributed by atoms with Crippen LogP contribution in [0.5, 0.6) is 0 Å². The van der Waals surface area contributed by atoms with Gasteiger partial charge in [0.15, 0.2) is 0 Å². The zero-order valence-corrected chi connectivity index (χ0v) is 18.8. The van der Waals surface area contributed by atoms with Gasteiger partial charge < -0.3 is 10.6 Å². The van der Waals surface area contributed by atoms with Crippen molar-refractivity contribution in [3.8, 4) is 11.3 Å². The minimum atomic E-state index is -3.57. The van der Waals surface area contributed by atoms with Gasteiger partial charge in [0.1, 0.15) is 6.04 Å². The molecule has 1 atom stereocenters. The van der Waals surface area contributed by atoms with E-state index in [0.29, 0.717) is 5.69 Å². The number of rotatable bonds is 7. The minimum Gasteiger partial charge on any atom is -0.374 e. The standard InChI is InChI=1S/C21H24N4O3S2/c1-14(22-17-10-8-16(9-11-17)20-13-29-15(2)23-20)21(26)24-18-6-5-7-19(12-18)30(27,28)25(3)4/h5-14,22H,1-4H3,(H,24,26). The van der Waals surface area contributed by atoms with Crippen molar-refractivity contribution in [3.05, 3.63) is 58.9 Å². The summed E-state index contributed by atoms with van der Waals surface area (Å²) >= 11 is 1.60. The van der Waals surface area contributed by atoms with Crippen molar-refractivity contribution in [2.24, 2.45) is 0 Å². The second-order valence-corrected chi connectivity index (χ2v) is 10.2. The number of amides is 1. The molecule has 30 heavy (non-hydrogen) atoms. The van der Waals surface area contributed by atoms with Gasteiger partial charge in [0.25, 0.3) is 0 Å². The average molecular weight is 445 g/mol. The number of anilines is 2. The normalized spacial score (nSPS) is 12.6. The molecule has 0 radical (unpaired) electrons. The second kappa shape index (κ2) is 8.95. The monoisotopic (exact) mass is 444 g/mol. The van der Waals surface area contributed by atoms with Gasteiger partial charge >= 0.3 is 0 Å². The summed E-state index contributed by atoms with van der Waals surface area (Å²) in [6, 6.07) is 13.4. The van der Waals surface area contributed by atoms with Crippen LogP contribution in [-0.2, 0) is 14.8 Å². The molecule has 2 N–H and O–H groups in total. The van der Waals surface area contributed by atoms with E-state index in [1.54, 1.807) is 30.4 Å². The largest absolute Gasteiger partial charge is 0.374 e. The molecule has 158 valence electrons. The Morgan fingerprint density at radius 3 is 2.40 bits per heavy atom. The first kappa shape index (κ1) is 21.9. The molecule has 3 aromatic rings. The molecular weight excluding hydrogens is 420 g/mol. The van der Waals surface area contributed by atoms with Crippen molar-refractivity contribution in [3.63, 3.8) is 0 Å². The number of aromatic nitrogens is 1. The van der Waals surface area contributed by atoms with E-state index in [9.17, 15) is 13.2 Å². The van der Waals surface area contributed by atoms with E-state index >= 15 is 0 Å². The highest BCUT2D eigenvalue weighted by Crippen LogP contribution is 2.23. The van der Waals surface area contributed by atoms with Gasteiger partial charge in [-0.2, -0.15) is 0 Å². The van der Waals surface area contributed by atoms with Crippen LogP contribution in [0.4, 0.5) is 11.4 Å². The number of carbonyl (C=O) groups excluding carboxylic acids is 1. The maximum Gasteiger partial charge on any atom is 0.246 e. The molecule has 0 aliphatic rings. The molecule has 9 heteroatoms. The number of aryl methyl sites for hydroxylation is 1. The molecule has 0 spiro atoms. The quantitative estimate of drug-likeness (QED) is 0.578. The smallest absolute Gasteiger partial charge is 0.246 e. The lowest BCUT2D eigenvalue weighted by atomic mass is 10.1. The number of nitrogens with one attached hydrogen (secondary N) is 2. The van der Waals surface area contributed by atoms with Gasteiger partial charge in [0.2, 0.25) is 15.9 Å². The Kier molecular flexibility index (Phi) is 6.55. The van der Waals surface area contributed by atoms with Crippen LogP contribution >= 0.6 is 11.3 Å². The van der Waals surface area contributed by atoms with Gasteiger partial charge in [-0.3, -0.25) is 4.79 Å². The Bertz CT molecular complexity index is 1140. The molecule has 0 bridgehead atoms. The number of thiazole rings is 1. The SMILES string of the molecule is Cc1nc(-c2ccc(NC(C)C(=O)Nc3cccc(S(=O)(=O)N(C)C)c3)cc2)cs1. The lowest BCUT2D eigenvalue weighted by Crippen LogP contribution is -2.32. The van der Waals surface area contributed by atoms with Crippen molar-refractivity contribution < 1.29 is 13.2 Å². The summed E-state index contributed by atoms with van der Waals surface area (Å²) in [5.74, 6) is -0.270. The van der Waals surface area contributed by atoms with Gasteiger partial charge in [-0.05, 0) is 44.2 Å². The van der Waals surface area contributed by atoms with E-state index in [1.807, 2.05) is 36.6 Å². The fourth-order valence-corrected chi connectivity index (χ4v) is 4.31. The molecule has 1 heterocycles. The third kappa shape index (κ3) is 5.05. The second-order valence-electron chi connectivity index (χ2n) is 7.00. The number of hydrogen-bond donors (Lipinski definition) is 2. The lowest BCUT2D eigenvalue weighted by molar-refractivity contribution is -0.116. The van der Waals surface area contributed by atoms with Crippen LogP contribution < -0.4 is 10.6 Å². The Hall–Kier alpha value is -2.75. The van der Waals surface area contributed by atoms with Crippen LogP contribution in [0.2, 0.25) is 0 Å². The first-order valence-electron chi connectivity index (χ1n) is 9.29. The van der Waals surface area contributed by atoms with E-state index in [-0.39, 0.29) is 10.8 Å². The lowest BCUT2D eigenvalue weighted by Gasteiger charge is -2.16. The molecule has 1 amide bonds. The van der Waals surface area contributed by atoms with Crippen LogP contribution in [0, 0.1) is 6.92 Å². The minimum absolute atomic E-state index is 0.124. The highest BCUT2D eigenvalue weighted by atomic mass is 32.2. The average Bonchev–Trinajstić information content (AvgIpc) is 3.15. The molecule has 0 saturated carbocycles. The Morgan fingerprint density at radius 1 is 1.10 bits per heavy atom. The third-order valence-electron chi connectivity index (χ3n) is 4.46. The maximum atomic E-state index is 12.6. The summed E-state index contributed by atoms with van der Waals surface area (Å²) < 4.78 is 25.7. The van der Waals surface area contributed by atoms with Crippen molar-refractivity contribution >= 4 is 38.6 Å². The summed E-state index contributed by atoms with van der Waals surface area (Å²) in [4.78, 5) is 17.2. The topological polar surface area (TPSA) is 91.4 Å². The van der Waals surface area contributed by atoms with E-state index in [2.05, 4.69) is 15.6 Å². The zero-order chi connectivity index (χ0) is 21.9. The highest BCUT2D eigenvalue weighted by molar-refractivity contribution is 7.89. The molecule has 2 aromatic carbocycles. The number of nitrogens with zero attached hydrogens (tertiary/aromatic N) is 2. The van der Waals surface area contributed by atoms with Crippen LogP contribution in [-0.4, -0.2) is 43.8 Å². The molecule has 1 unspecified atom stereocenters. The van der Waals surface area contributed by atoms with E-state index < -0.39 is 16.1 Å². The molecule has 1 aromatic heterocycles. The van der Waals surface area contributed by atoms with E-state index in [0.717, 1.165) is 26.3 Å². The van der Waals surface area contributed by atoms with Gasteiger partial charge in [0.05, 0.1) is 15.6 Å². The summed E-state index contributed by atoms with van der Waals surface area (Å²) in [5.41, 5.74) is 3.17. The molecule has 0 fully saturated rings. The van der Waals surface area contributed by atoms with Crippen LogP contribution in [0.3, 0.4) is 0 Å². The first-order valence-corrected chi connectivity index (χ1v) is 11.6. The molecule has 0 saturated heterocycles. The molecule has 7 nitrogen and oxygen atoms in total. The summed E-state index contributed by atoms with van der Waals surface area (Å²) in [5, 5.41) is 8.94. The number of sulfonamides is 1. The van der Waals surface area contributed by atoms with Gasteiger partial charge in [-0.1, -0.05) is 18.2 Å². The summed E-state index contributed by atoms with van der Waals surface area (Å²) in [6.07, 6.45) is 0. The Morgan fingerprint density at radius 2 is 1.80 bits per heavy atom. The zero-order valence-electron chi connectivity index (χ0n) is 17.2. The molecule has 0 aliphatic heterocycles.